The first-order valence-electron chi connectivity index (χ1n) is 11.2. The lowest BCUT2D eigenvalue weighted by molar-refractivity contribution is -0.154. The number of ether oxygens (including phenoxy) is 3. The zero-order chi connectivity index (χ0) is 23.7. The first-order valence-corrected chi connectivity index (χ1v) is 12.4. The third-order valence-electron chi connectivity index (χ3n) is 7.13. The monoisotopic (exact) mass is 563 g/mol. The van der Waals surface area contributed by atoms with Gasteiger partial charge in [-0.2, -0.15) is 0 Å². The van der Waals surface area contributed by atoms with Gasteiger partial charge >= 0.3 is 11.9 Å². The third-order valence-corrected chi connectivity index (χ3v) is 8.49. The summed E-state index contributed by atoms with van der Waals surface area (Å²) < 4.78 is 16.2. The number of carbonyl (C=O) groups is 2. The highest BCUT2D eigenvalue weighted by Crippen LogP contribution is 2.56. The number of esters is 2. The van der Waals surface area contributed by atoms with Crippen LogP contribution in [0.1, 0.15) is 30.0 Å². The Morgan fingerprint density at radius 1 is 0.909 bits per heavy atom. The molecule has 0 amide bonds. The molecule has 0 aromatic heterocycles. The summed E-state index contributed by atoms with van der Waals surface area (Å²) in [6.45, 7) is 2.06. The topological polar surface area (TPSA) is 65.1 Å². The van der Waals surface area contributed by atoms with Gasteiger partial charge in [0.25, 0.3) is 0 Å². The van der Waals surface area contributed by atoms with E-state index in [9.17, 15) is 9.59 Å². The molecule has 176 valence electrons. The highest BCUT2D eigenvalue weighted by molar-refractivity contribution is 14.1. The molecule has 1 saturated heterocycles. The lowest BCUT2D eigenvalue weighted by Crippen LogP contribution is -2.48. The van der Waals surface area contributed by atoms with E-state index >= 15 is 0 Å². The van der Waals surface area contributed by atoms with Crippen molar-refractivity contribution in [1.29, 1.82) is 0 Å². The molecule has 0 radical (unpaired) electrons. The van der Waals surface area contributed by atoms with E-state index in [-0.39, 0.29) is 39.8 Å². The van der Waals surface area contributed by atoms with Crippen LogP contribution in [0.15, 0.2) is 48.5 Å². The van der Waals surface area contributed by atoms with Gasteiger partial charge in [-0.1, -0.05) is 52.4 Å². The van der Waals surface area contributed by atoms with Gasteiger partial charge in [-0.3, -0.25) is 9.59 Å². The van der Waals surface area contributed by atoms with Crippen LogP contribution in [0.3, 0.4) is 0 Å². The van der Waals surface area contributed by atoms with Gasteiger partial charge in [-0.05, 0) is 49.6 Å². The number of aryl methyl sites for hydroxylation is 1. The Kier molecular flexibility index (Phi) is 7.16. The number of carbonyl (C=O) groups excluding carboxylic acids is 2. The van der Waals surface area contributed by atoms with E-state index in [1.54, 1.807) is 7.11 Å². The molecule has 2 aliphatic rings. The molecule has 6 nitrogen and oxygen atoms in total. The molecule has 33 heavy (non-hydrogen) atoms. The van der Waals surface area contributed by atoms with Crippen LogP contribution in [0.25, 0.3) is 0 Å². The van der Waals surface area contributed by atoms with Gasteiger partial charge in [0, 0.05) is 21.6 Å². The maximum absolute atomic E-state index is 13.3. The van der Waals surface area contributed by atoms with Gasteiger partial charge in [-0.25, -0.2) is 0 Å². The maximum atomic E-state index is 13.3. The van der Waals surface area contributed by atoms with Crippen molar-refractivity contribution in [3.63, 3.8) is 0 Å². The molecule has 2 aromatic rings. The van der Waals surface area contributed by atoms with Gasteiger partial charge in [0.15, 0.2) is 0 Å². The van der Waals surface area contributed by atoms with Gasteiger partial charge < -0.3 is 19.1 Å². The average Bonchev–Trinajstić information content (AvgIpc) is 3.20. The van der Waals surface area contributed by atoms with Crippen LogP contribution in [0, 0.1) is 24.7 Å². The number of alkyl halides is 1. The molecule has 0 spiro atoms. The number of nitrogens with zero attached hydrogens (tertiary/aromatic N) is 1. The Hall–Kier alpha value is -2.29. The fourth-order valence-corrected chi connectivity index (χ4v) is 6.83. The van der Waals surface area contributed by atoms with Gasteiger partial charge in [0.1, 0.15) is 5.75 Å². The van der Waals surface area contributed by atoms with Crippen molar-refractivity contribution in [3.8, 4) is 5.75 Å². The minimum atomic E-state index is -0.503. The Bertz CT molecular complexity index is 993. The Morgan fingerprint density at radius 3 is 2.12 bits per heavy atom. The van der Waals surface area contributed by atoms with E-state index in [1.165, 1.54) is 19.8 Å². The summed E-state index contributed by atoms with van der Waals surface area (Å²) in [6.07, 6.45) is 1.58. The number of fused-ring (bicyclic) bond motifs is 1. The SMILES string of the molecule is COC(=O)[C@H]1[C@H]2[C@H]([C@H](I)CC[C@@H]2C(=O)OC)N(c2ccc(C)cc2)[C@H]1c1ccc(OC)cc1. The lowest BCUT2D eigenvalue weighted by Gasteiger charge is -2.41. The van der Waals surface area contributed by atoms with Crippen molar-refractivity contribution < 1.29 is 23.8 Å². The Morgan fingerprint density at radius 2 is 1.55 bits per heavy atom. The van der Waals surface area contributed by atoms with Crippen LogP contribution in [0.4, 0.5) is 5.69 Å². The number of benzene rings is 2. The molecule has 6 atom stereocenters. The van der Waals surface area contributed by atoms with E-state index in [1.807, 2.05) is 24.3 Å². The second kappa shape index (κ2) is 9.91. The molecule has 2 fully saturated rings. The van der Waals surface area contributed by atoms with Crippen molar-refractivity contribution in [1.82, 2.24) is 0 Å². The summed E-state index contributed by atoms with van der Waals surface area (Å²) in [4.78, 5) is 28.6. The minimum absolute atomic E-state index is 0.0117. The van der Waals surface area contributed by atoms with E-state index in [2.05, 4.69) is 58.7 Å². The summed E-state index contributed by atoms with van der Waals surface area (Å²) >= 11 is 2.49. The summed E-state index contributed by atoms with van der Waals surface area (Å²) in [7, 11) is 4.49. The second-order valence-corrected chi connectivity index (χ2v) is 10.4. The molecular weight excluding hydrogens is 533 g/mol. The largest absolute Gasteiger partial charge is 0.497 e. The molecule has 2 aromatic carbocycles. The zero-order valence-electron chi connectivity index (χ0n) is 19.4. The standard InChI is InChI=1S/C26H30INO5/c1-15-5-9-17(10-6-15)28-23(16-7-11-18(31-2)12-8-16)22(26(30)33-4)21-19(25(29)32-3)13-14-20(27)24(21)28/h5-12,19-24H,13-14H2,1-4H3/t19-,20+,21-,22-,23-,24-/m0/s1. The molecule has 4 rings (SSSR count). The van der Waals surface area contributed by atoms with E-state index < -0.39 is 5.92 Å². The van der Waals surface area contributed by atoms with Crippen molar-refractivity contribution >= 4 is 40.2 Å². The number of methoxy groups -OCH3 is 3. The maximum Gasteiger partial charge on any atom is 0.311 e. The van der Waals surface area contributed by atoms with Gasteiger partial charge in [0.05, 0.1) is 39.2 Å². The number of hydrogen-bond donors (Lipinski definition) is 0. The van der Waals surface area contributed by atoms with Crippen LogP contribution < -0.4 is 9.64 Å². The molecule has 0 N–H and O–H groups in total. The predicted molar refractivity (Wildman–Crippen MR) is 135 cm³/mol. The fourth-order valence-electron chi connectivity index (χ4n) is 5.64. The molecular formula is C26H30INO5. The summed E-state index contributed by atoms with van der Waals surface area (Å²) in [6, 6.07) is 15.9. The van der Waals surface area contributed by atoms with E-state index in [0.717, 1.165) is 23.4 Å². The first-order chi connectivity index (χ1) is 15.9. The smallest absolute Gasteiger partial charge is 0.311 e. The Labute approximate surface area is 208 Å². The number of hydrogen-bond acceptors (Lipinski definition) is 6. The zero-order valence-corrected chi connectivity index (χ0v) is 21.5. The second-order valence-electron chi connectivity index (χ2n) is 8.80. The van der Waals surface area contributed by atoms with Crippen LogP contribution in [-0.2, 0) is 19.1 Å². The molecule has 1 heterocycles. The van der Waals surface area contributed by atoms with Crippen LogP contribution in [0.2, 0.25) is 0 Å². The minimum Gasteiger partial charge on any atom is -0.497 e. The predicted octanol–water partition coefficient (Wildman–Crippen LogP) is 4.73. The molecule has 0 bridgehead atoms. The van der Waals surface area contributed by atoms with E-state index in [0.29, 0.717) is 6.42 Å². The van der Waals surface area contributed by atoms with Crippen LogP contribution in [-0.4, -0.2) is 43.2 Å². The highest BCUT2D eigenvalue weighted by atomic mass is 127. The quantitative estimate of drug-likeness (QED) is 0.298. The average molecular weight is 563 g/mol. The summed E-state index contributed by atoms with van der Waals surface area (Å²) in [5, 5.41) is 0. The number of halogens is 1. The third kappa shape index (κ3) is 4.32. The molecule has 1 aliphatic heterocycles. The van der Waals surface area contributed by atoms with Crippen LogP contribution in [0.5, 0.6) is 5.75 Å². The van der Waals surface area contributed by atoms with Crippen molar-refractivity contribution in [2.45, 2.75) is 35.8 Å². The fraction of sp³-hybridized carbons (Fsp3) is 0.462. The Balaban J connectivity index is 1.92. The number of rotatable bonds is 5. The molecule has 1 saturated carbocycles. The normalized spacial score (nSPS) is 28.7. The van der Waals surface area contributed by atoms with Gasteiger partial charge in [0.2, 0.25) is 0 Å². The number of anilines is 1. The van der Waals surface area contributed by atoms with Crippen molar-refractivity contribution in [2.75, 3.05) is 26.2 Å². The van der Waals surface area contributed by atoms with Crippen molar-refractivity contribution in [2.24, 2.45) is 17.8 Å². The highest BCUT2D eigenvalue weighted by Gasteiger charge is 2.60. The van der Waals surface area contributed by atoms with Crippen LogP contribution >= 0.6 is 22.6 Å². The van der Waals surface area contributed by atoms with Crippen molar-refractivity contribution in [3.05, 3.63) is 59.7 Å². The summed E-state index contributed by atoms with van der Waals surface area (Å²) in [5.74, 6) is -0.859. The molecule has 7 heteroatoms. The van der Waals surface area contributed by atoms with Gasteiger partial charge in [-0.15, -0.1) is 0 Å². The summed E-state index contributed by atoms with van der Waals surface area (Å²) in [5.41, 5.74) is 3.20. The van der Waals surface area contributed by atoms with E-state index in [4.69, 9.17) is 14.2 Å². The molecule has 1 aliphatic carbocycles. The lowest BCUT2D eigenvalue weighted by atomic mass is 9.70. The first kappa shape index (κ1) is 23.9. The molecule has 0 unspecified atom stereocenters.